The molecule has 6 heteroatoms. The molecule has 23 heavy (non-hydrogen) atoms. The van der Waals surface area contributed by atoms with E-state index in [1.165, 1.54) is 6.20 Å². The third-order valence-electron chi connectivity index (χ3n) is 4.09. The van der Waals surface area contributed by atoms with E-state index < -0.39 is 5.95 Å². The molecular formula is C17H21FN4O. The molecule has 0 saturated carbocycles. The van der Waals surface area contributed by atoms with Crippen LogP contribution in [0.1, 0.15) is 43.4 Å². The Balaban J connectivity index is 1.84. The van der Waals surface area contributed by atoms with Crippen LogP contribution in [0.3, 0.4) is 0 Å². The van der Waals surface area contributed by atoms with Gasteiger partial charge in [-0.25, -0.2) is 9.97 Å². The summed E-state index contributed by atoms with van der Waals surface area (Å²) in [5, 5.41) is 0. The van der Waals surface area contributed by atoms with Crippen molar-refractivity contribution in [2.75, 3.05) is 6.54 Å². The van der Waals surface area contributed by atoms with Gasteiger partial charge in [-0.15, -0.1) is 0 Å². The molecule has 122 valence electrons. The minimum Gasteiger partial charge on any atom is -0.310 e. The maximum atomic E-state index is 13.7. The van der Waals surface area contributed by atoms with Gasteiger partial charge in [-0.1, -0.05) is 26.8 Å². The second-order valence-corrected chi connectivity index (χ2v) is 7.00. The van der Waals surface area contributed by atoms with Gasteiger partial charge in [-0.3, -0.25) is 9.69 Å². The van der Waals surface area contributed by atoms with Crippen molar-refractivity contribution in [3.63, 3.8) is 0 Å². The maximum Gasteiger partial charge on any atom is 0.255 e. The number of fused-ring (bicyclic) bond motifs is 1. The fourth-order valence-corrected chi connectivity index (χ4v) is 2.75. The van der Waals surface area contributed by atoms with Gasteiger partial charge >= 0.3 is 0 Å². The minimum absolute atomic E-state index is 0.0868. The van der Waals surface area contributed by atoms with Crippen molar-refractivity contribution in [3.05, 3.63) is 57.3 Å². The second-order valence-electron chi connectivity index (χ2n) is 7.00. The summed E-state index contributed by atoms with van der Waals surface area (Å²) in [5.41, 5.74) is 1.82. The summed E-state index contributed by atoms with van der Waals surface area (Å²) < 4.78 is 13.7. The molecule has 0 amide bonds. The normalized spacial score (nSPS) is 15.5. The number of aromatic nitrogens is 3. The Labute approximate surface area is 134 Å². The summed E-state index contributed by atoms with van der Waals surface area (Å²) in [6.07, 6.45) is 2.14. The Kier molecular flexibility index (Phi) is 4.02. The SMILES string of the molecule is CC(C)(C)c1nc2c(c(=O)[nH]1)CN(Cc1cccnc1F)CC2. The van der Waals surface area contributed by atoms with Crippen LogP contribution in [0.2, 0.25) is 0 Å². The van der Waals surface area contributed by atoms with Crippen molar-refractivity contribution >= 4 is 0 Å². The molecule has 2 aromatic heterocycles. The summed E-state index contributed by atoms with van der Waals surface area (Å²) in [7, 11) is 0. The standard InChI is InChI=1S/C17H21FN4O/c1-17(2,3)16-20-13-6-8-22(10-12(13)15(23)21-16)9-11-5-4-7-19-14(11)18/h4-5,7H,6,8-10H2,1-3H3,(H,20,21,23). The maximum absolute atomic E-state index is 13.7. The van der Waals surface area contributed by atoms with Crippen LogP contribution in [-0.2, 0) is 24.9 Å². The van der Waals surface area contributed by atoms with Crippen LogP contribution in [0.5, 0.6) is 0 Å². The van der Waals surface area contributed by atoms with Gasteiger partial charge in [0, 0.05) is 43.2 Å². The highest BCUT2D eigenvalue weighted by atomic mass is 19.1. The number of rotatable bonds is 2. The van der Waals surface area contributed by atoms with Crippen molar-refractivity contribution in [2.45, 2.75) is 45.7 Å². The van der Waals surface area contributed by atoms with E-state index in [1.807, 2.05) is 20.8 Å². The van der Waals surface area contributed by atoms with Crippen molar-refractivity contribution in [1.82, 2.24) is 19.9 Å². The lowest BCUT2D eigenvalue weighted by atomic mass is 9.95. The molecule has 1 aliphatic heterocycles. The summed E-state index contributed by atoms with van der Waals surface area (Å²) in [6, 6.07) is 3.45. The van der Waals surface area contributed by atoms with Gasteiger partial charge in [-0.05, 0) is 6.07 Å². The quantitative estimate of drug-likeness (QED) is 0.863. The van der Waals surface area contributed by atoms with Gasteiger partial charge < -0.3 is 4.98 Å². The van der Waals surface area contributed by atoms with E-state index >= 15 is 0 Å². The Morgan fingerprint density at radius 1 is 1.39 bits per heavy atom. The molecule has 2 aromatic rings. The number of hydrogen-bond donors (Lipinski definition) is 1. The highest BCUT2D eigenvalue weighted by Crippen LogP contribution is 2.21. The van der Waals surface area contributed by atoms with Crippen molar-refractivity contribution in [1.29, 1.82) is 0 Å². The lowest BCUT2D eigenvalue weighted by Gasteiger charge is -2.28. The van der Waals surface area contributed by atoms with Crippen LogP contribution in [0.15, 0.2) is 23.1 Å². The molecule has 0 bridgehead atoms. The van der Waals surface area contributed by atoms with Crippen LogP contribution in [0.25, 0.3) is 0 Å². The average molecular weight is 316 g/mol. The fraction of sp³-hybridized carbons (Fsp3) is 0.471. The molecule has 0 radical (unpaired) electrons. The van der Waals surface area contributed by atoms with Crippen LogP contribution < -0.4 is 5.56 Å². The predicted octanol–water partition coefficient (Wildman–Crippen LogP) is 2.16. The van der Waals surface area contributed by atoms with Crippen LogP contribution >= 0.6 is 0 Å². The highest BCUT2D eigenvalue weighted by Gasteiger charge is 2.25. The van der Waals surface area contributed by atoms with Crippen LogP contribution in [0.4, 0.5) is 4.39 Å². The van der Waals surface area contributed by atoms with E-state index in [9.17, 15) is 9.18 Å². The molecule has 0 fully saturated rings. The zero-order valence-electron chi connectivity index (χ0n) is 13.7. The van der Waals surface area contributed by atoms with E-state index in [-0.39, 0.29) is 11.0 Å². The van der Waals surface area contributed by atoms with Gasteiger partial charge in [0.25, 0.3) is 5.56 Å². The number of H-pyrrole nitrogens is 1. The summed E-state index contributed by atoms with van der Waals surface area (Å²) in [6.45, 7) is 7.76. The van der Waals surface area contributed by atoms with Gasteiger partial charge in [-0.2, -0.15) is 4.39 Å². The number of aromatic amines is 1. The largest absolute Gasteiger partial charge is 0.310 e. The Hall–Kier alpha value is -2.08. The third kappa shape index (κ3) is 3.32. The molecule has 0 aliphatic carbocycles. The fourth-order valence-electron chi connectivity index (χ4n) is 2.75. The zero-order valence-corrected chi connectivity index (χ0v) is 13.7. The average Bonchev–Trinajstić information content (AvgIpc) is 2.49. The first-order chi connectivity index (χ1) is 10.8. The molecule has 0 spiro atoms. The van der Waals surface area contributed by atoms with Gasteiger partial charge in [0.1, 0.15) is 5.82 Å². The Morgan fingerprint density at radius 3 is 2.87 bits per heavy atom. The first-order valence-electron chi connectivity index (χ1n) is 7.79. The molecule has 0 atom stereocenters. The number of hydrogen-bond acceptors (Lipinski definition) is 4. The third-order valence-corrected chi connectivity index (χ3v) is 4.09. The molecular weight excluding hydrogens is 295 g/mol. The number of pyridine rings is 1. The molecule has 1 N–H and O–H groups in total. The van der Waals surface area contributed by atoms with E-state index in [0.29, 0.717) is 36.5 Å². The smallest absolute Gasteiger partial charge is 0.255 e. The molecule has 0 aromatic carbocycles. The molecule has 3 rings (SSSR count). The monoisotopic (exact) mass is 316 g/mol. The van der Waals surface area contributed by atoms with E-state index in [2.05, 4.69) is 19.9 Å². The molecule has 1 aliphatic rings. The van der Waals surface area contributed by atoms with Gasteiger partial charge in [0.05, 0.1) is 11.3 Å². The van der Waals surface area contributed by atoms with Gasteiger partial charge in [0.2, 0.25) is 5.95 Å². The molecule has 5 nitrogen and oxygen atoms in total. The molecule has 0 saturated heterocycles. The lowest BCUT2D eigenvalue weighted by Crippen LogP contribution is -2.37. The minimum atomic E-state index is -0.451. The van der Waals surface area contributed by atoms with E-state index in [0.717, 1.165) is 12.2 Å². The predicted molar refractivity (Wildman–Crippen MR) is 85.6 cm³/mol. The van der Waals surface area contributed by atoms with E-state index in [1.54, 1.807) is 12.1 Å². The van der Waals surface area contributed by atoms with Gasteiger partial charge in [0.15, 0.2) is 0 Å². The van der Waals surface area contributed by atoms with Crippen LogP contribution in [0, 0.1) is 5.95 Å². The van der Waals surface area contributed by atoms with Crippen molar-refractivity contribution in [2.24, 2.45) is 0 Å². The number of nitrogens with one attached hydrogen (secondary N) is 1. The highest BCUT2D eigenvalue weighted by molar-refractivity contribution is 5.23. The second kappa shape index (κ2) is 5.85. The first-order valence-corrected chi connectivity index (χ1v) is 7.79. The van der Waals surface area contributed by atoms with E-state index in [4.69, 9.17) is 0 Å². The zero-order chi connectivity index (χ0) is 16.6. The molecule has 0 unspecified atom stereocenters. The number of halogens is 1. The van der Waals surface area contributed by atoms with Crippen molar-refractivity contribution < 1.29 is 4.39 Å². The summed E-state index contributed by atoms with van der Waals surface area (Å²) in [5.74, 6) is 0.265. The topological polar surface area (TPSA) is 61.9 Å². The van der Waals surface area contributed by atoms with Crippen molar-refractivity contribution in [3.8, 4) is 0 Å². The summed E-state index contributed by atoms with van der Waals surface area (Å²) >= 11 is 0. The Morgan fingerprint density at radius 2 is 2.17 bits per heavy atom. The molecule has 3 heterocycles. The first kappa shape index (κ1) is 15.8. The van der Waals surface area contributed by atoms with Crippen LogP contribution in [-0.4, -0.2) is 26.4 Å². The number of nitrogens with zero attached hydrogens (tertiary/aromatic N) is 3. The summed E-state index contributed by atoms with van der Waals surface area (Å²) in [4.78, 5) is 25.6. The Bertz CT molecular complexity index is 779. The lowest BCUT2D eigenvalue weighted by molar-refractivity contribution is 0.237.